The molecule has 4 aromatic rings. The molecule has 11 heteroatoms. The Morgan fingerprint density at radius 1 is 1.23 bits per heavy atom. The first kappa shape index (κ1) is 19.6. The molecule has 3 aromatic heterocycles. The van der Waals surface area contributed by atoms with Crippen LogP contribution in [0.25, 0.3) is 21.6 Å². The molecule has 0 amide bonds. The summed E-state index contributed by atoms with van der Waals surface area (Å²) < 4.78 is 28.0. The molecule has 0 bridgehead atoms. The van der Waals surface area contributed by atoms with Gasteiger partial charge in [0, 0.05) is 29.9 Å². The predicted octanol–water partition coefficient (Wildman–Crippen LogP) is 2.87. The van der Waals surface area contributed by atoms with E-state index in [1.54, 1.807) is 23.8 Å². The molecule has 1 fully saturated rings. The molecule has 0 unspecified atom stereocenters. The van der Waals surface area contributed by atoms with Gasteiger partial charge in [-0.1, -0.05) is 17.4 Å². The zero-order chi connectivity index (χ0) is 21.4. The lowest BCUT2D eigenvalue weighted by atomic mass is 9.87. The zero-order valence-electron chi connectivity index (χ0n) is 16.1. The number of nitrogens with zero attached hydrogens (tertiary/aromatic N) is 4. The topological polar surface area (TPSA) is 136 Å². The number of fused-ring (bicyclic) bond motifs is 1. The van der Waals surface area contributed by atoms with Crippen molar-refractivity contribution in [3.8, 4) is 16.6 Å². The number of nitrogens with one attached hydrogen (secondary N) is 3. The first-order valence-electron chi connectivity index (χ1n) is 9.55. The van der Waals surface area contributed by atoms with Crippen molar-refractivity contribution in [1.29, 1.82) is 5.26 Å². The third-order valence-electron chi connectivity index (χ3n) is 5.26. The van der Waals surface area contributed by atoms with Crippen molar-refractivity contribution in [3.05, 3.63) is 53.8 Å². The van der Waals surface area contributed by atoms with Gasteiger partial charge in [-0.3, -0.25) is 0 Å². The maximum atomic E-state index is 12.7. The second-order valence-electron chi connectivity index (χ2n) is 7.30. The van der Waals surface area contributed by atoms with Crippen molar-refractivity contribution in [1.82, 2.24) is 24.9 Å². The first-order valence-corrected chi connectivity index (χ1v) is 11.9. The Balaban J connectivity index is 1.31. The second-order valence-corrected chi connectivity index (χ2v) is 9.85. The summed E-state index contributed by atoms with van der Waals surface area (Å²) in [7, 11) is -3.68. The highest BCUT2D eigenvalue weighted by atomic mass is 32.2. The largest absolute Gasteiger partial charge is 0.381 e. The number of anilines is 1. The summed E-state index contributed by atoms with van der Waals surface area (Å²) in [6.45, 7) is 0. The van der Waals surface area contributed by atoms with Crippen molar-refractivity contribution in [2.45, 2.75) is 29.8 Å². The molecule has 5 rings (SSSR count). The highest BCUT2D eigenvalue weighted by Crippen LogP contribution is 2.36. The summed E-state index contributed by atoms with van der Waals surface area (Å²) in [5.41, 5.74) is 4.54. The number of H-pyrrole nitrogens is 1. The highest BCUT2D eigenvalue weighted by Gasteiger charge is 2.33. The van der Waals surface area contributed by atoms with Crippen molar-refractivity contribution < 1.29 is 8.42 Å². The van der Waals surface area contributed by atoms with Crippen molar-refractivity contribution in [2.24, 2.45) is 0 Å². The molecule has 3 N–H and O–H groups in total. The number of benzene rings is 1. The molecule has 1 saturated carbocycles. The Labute approximate surface area is 182 Å². The smallest absolute Gasteiger partial charge is 0.240 e. The van der Waals surface area contributed by atoms with Crippen LogP contribution < -0.4 is 10.0 Å². The average Bonchev–Trinajstić information content (AvgIpc) is 3.44. The van der Waals surface area contributed by atoms with Gasteiger partial charge in [-0.2, -0.15) is 5.26 Å². The van der Waals surface area contributed by atoms with Crippen molar-refractivity contribution in [3.63, 3.8) is 0 Å². The molecule has 0 atom stereocenters. The zero-order valence-corrected chi connectivity index (χ0v) is 17.7. The van der Waals surface area contributed by atoms with Crippen LogP contribution in [0.4, 0.5) is 5.69 Å². The van der Waals surface area contributed by atoms with Crippen LogP contribution in [-0.4, -0.2) is 40.7 Å². The lowest BCUT2D eigenvalue weighted by Gasteiger charge is -2.37. The van der Waals surface area contributed by atoms with E-state index in [1.165, 1.54) is 23.5 Å². The fourth-order valence-electron chi connectivity index (χ4n) is 3.67. The van der Waals surface area contributed by atoms with E-state index in [0.717, 1.165) is 27.3 Å². The molecule has 1 aliphatic rings. The Morgan fingerprint density at radius 2 is 2.10 bits per heavy atom. The van der Waals surface area contributed by atoms with Gasteiger partial charge < -0.3 is 10.3 Å². The standard InChI is InChI=1S/C20H17N7O2S2/c21-9-12-2-1-3-15(6-12)31(28,29)27-14-7-13(8-14)25-18-16-4-5-22-19(16)23-10-17(18)20-26-24-11-30-20/h1-6,10-11,13-14,27H,7-8H2,(H2,22,23,25)/t13-,14+. The maximum absolute atomic E-state index is 12.7. The van der Waals surface area contributed by atoms with Gasteiger partial charge in [-0.15, -0.1) is 10.2 Å². The van der Waals surface area contributed by atoms with Crippen LogP contribution in [0.5, 0.6) is 0 Å². The van der Waals surface area contributed by atoms with Gasteiger partial charge in [0.05, 0.1) is 27.8 Å². The molecule has 1 aliphatic carbocycles. The minimum Gasteiger partial charge on any atom is -0.381 e. The van der Waals surface area contributed by atoms with Gasteiger partial charge in [0.15, 0.2) is 5.01 Å². The molecular weight excluding hydrogens is 434 g/mol. The van der Waals surface area contributed by atoms with Crippen LogP contribution in [-0.2, 0) is 10.0 Å². The van der Waals surface area contributed by atoms with Gasteiger partial charge in [-0.05, 0) is 37.1 Å². The summed E-state index contributed by atoms with van der Waals surface area (Å²) in [6.07, 6.45) is 4.88. The molecule has 31 heavy (non-hydrogen) atoms. The maximum Gasteiger partial charge on any atom is 0.240 e. The molecule has 0 spiro atoms. The van der Waals surface area contributed by atoms with E-state index in [2.05, 4.69) is 30.2 Å². The van der Waals surface area contributed by atoms with E-state index < -0.39 is 10.0 Å². The van der Waals surface area contributed by atoms with E-state index in [0.29, 0.717) is 18.4 Å². The molecule has 3 heterocycles. The third kappa shape index (κ3) is 3.76. The minimum atomic E-state index is -3.68. The van der Waals surface area contributed by atoms with Crippen LogP contribution in [0, 0.1) is 11.3 Å². The molecular formula is C20H17N7O2S2. The third-order valence-corrected chi connectivity index (χ3v) is 7.50. The summed E-state index contributed by atoms with van der Waals surface area (Å²) >= 11 is 1.44. The van der Waals surface area contributed by atoms with Gasteiger partial charge in [0.25, 0.3) is 0 Å². The quantitative estimate of drug-likeness (QED) is 0.410. The molecule has 9 nitrogen and oxygen atoms in total. The number of sulfonamides is 1. The van der Waals surface area contributed by atoms with E-state index in [1.807, 2.05) is 18.3 Å². The number of aromatic nitrogens is 4. The van der Waals surface area contributed by atoms with Crippen molar-refractivity contribution >= 4 is 38.1 Å². The number of hydrogen-bond acceptors (Lipinski definition) is 8. The monoisotopic (exact) mass is 451 g/mol. The van der Waals surface area contributed by atoms with Crippen molar-refractivity contribution in [2.75, 3.05) is 5.32 Å². The first-order chi connectivity index (χ1) is 15.0. The summed E-state index contributed by atoms with van der Waals surface area (Å²) in [6, 6.07) is 9.86. The van der Waals surface area contributed by atoms with Gasteiger partial charge >= 0.3 is 0 Å². The molecule has 0 saturated heterocycles. The molecule has 0 aliphatic heterocycles. The summed E-state index contributed by atoms with van der Waals surface area (Å²) in [5, 5.41) is 22.4. The van der Waals surface area contributed by atoms with Crippen LogP contribution >= 0.6 is 11.3 Å². The fourth-order valence-corrected chi connectivity index (χ4v) is 5.55. The number of aromatic amines is 1. The average molecular weight is 452 g/mol. The summed E-state index contributed by atoms with van der Waals surface area (Å²) in [5.74, 6) is 0. The predicted molar refractivity (Wildman–Crippen MR) is 117 cm³/mol. The molecule has 1 aromatic carbocycles. The van der Waals surface area contributed by atoms with Gasteiger partial charge in [-0.25, -0.2) is 18.1 Å². The van der Waals surface area contributed by atoms with Crippen LogP contribution in [0.3, 0.4) is 0 Å². The Hall–Kier alpha value is -3.33. The normalized spacial score (nSPS) is 18.4. The van der Waals surface area contributed by atoms with E-state index in [9.17, 15) is 8.42 Å². The van der Waals surface area contributed by atoms with Crippen LogP contribution in [0.2, 0.25) is 0 Å². The highest BCUT2D eigenvalue weighted by molar-refractivity contribution is 7.89. The number of pyridine rings is 1. The molecule has 156 valence electrons. The van der Waals surface area contributed by atoms with Crippen LogP contribution in [0.1, 0.15) is 18.4 Å². The fraction of sp³-hybridized carbons (Fsp3) is 0.200. The van der Waals surface area contributed by atoms with E-state index in [4.69, 9.17) is 5.26 Å². The summed E-state index contributed by atoms with van der Waals surface area (Å²) in [4.78, 5) is 7.66. The SMILES string of the molecule is N#Cc1cccc(S(=O)(=O)N[C@H]2C[C@@H](Nc3c(-c4nncs4)cnc4[nH]ccc34)C2)c1. The van der Waals surface area contributed by atoms with Crippen LogP contribution in [0.15, 0.2) is 53.1 Å². The lowest BCUT2D eigenvalue weighted by Crippen LogP contribution is -2.49. The van der Waals surface area contributed by atoms with E-state index in [-0.39, 0.29) is 17.0 Å². The Bertz CT molecular complexity index is 1380. The number of hydrogen-bond donors (Lipinski definition) is 3. The Morgan fingerprint density at radius 3 is 2.87 bits per heavy atom. The lowest BCUT2D eigenvalue weighted by molar-refractivity contribution is 0.346. The Kier molecular flexibility index (Phi) is 4.90. The van der Waals surface area contributed by atoms with E-state index >= 15 is 0 Å². The minimum absolute atomic E-state index is 0.102. The van der Waals surface area contributed by atoms with Gasteiger partial charge in [0.2, 0.25) is 10.0 Å². The second kappa shape index (κ2) is 7.73. The number of nitriles is 1. The van der Waals surface area contributed by atoms with Gasteiger partial charge in [0.1, 0.15) is 11.2 Å². The number of rotatable bonds is 6. The molecule has 0 radical (unpaired) electrons.